The highest BCUT2D eigenvalue weighted by molar-refractivity contribution is 5.88. The number of aromatic carboxylic acids is 1. The van der Waals surface area contributed by atoms with Gasteiger partial charge in [0.25, 0.3) is 0 Å². The number of hydrogen-bond acceptors (Lipinski definition) is 3. The average Bonchev–Trinajstić information content (AvgIpc) is 2.74. The van der Waals surface area contributed by atoms with Crippen molar-refractivity contribution in [1.82, 2.24) is 4.90 Å². The Bertz CT molecular complexity index is 601. The van der Waals surface area contributed by atoms with Gasteiger partial charge in [0.15, 0.2) is 0 Å². The first kappa shape index (κ1) is 16.3. The highest BCUT2D eigenvalue weighted by Gasteiger charge is 2.38. The molecule has 1 N–H and O–H groups in total. The van der Waals surface area contributed by atoms with Crippen molar-refractivity contribution < 1.29 is 19.4 Å². The highest BCUT2D eigenvalue weighted by atomic mass is 16.6. The number of amides is 1. The zero-order valence-corrected chi connectivity index (χ0v) is 13.7. The summed E-state index contributed by atoms with van der Waals surface area (Å²) in [6.45, 7) is 9.97. The maximum Gasteiger partial charge on any atom is 0.411 e. The van der Waals surface area contributed by atoms with Gasteiger partial charge in [-0.15, -0.1) is 0 Å². The van der Waals surface area contributed by atoms with Gasteiger partial charge < -0.3 is 9.84 Å². The second kappa shape index (κ2) is 5.63. The molecule has 5 heteroatoms. The van der Waals surface area contributed by atoms with Crippen LogP contribution in [0.2, 0.25) is 0 Å². The maximum atomic E-state index is 12.5. The van der Waals surface area contributed by atoms with E-state index in [1.165, 1.54) is 0 Å². The fourth-order valence-electron chi connectivity index (χ4n) is 2.83. The highest BCUT2D eigenvalue weighted by Crippen LogP contribution is 2.39. The molecule has 0 fully saturated rings. The molecule has 1 aliphatic heterocycles. The van der Waals surface area contributed by atoms with Gasteiger partial charge in [0.05, 0.1) is 18.2 Å². The van der Waals surface area contributed by atoms with E-state index in [-0.39, 0.29) is 23.6 Å². The molecular weight excluding hydrogens is 282 g/mol. The van der Waals surface area contributed by atoms with E-state index in [4.69, 9.17) is 9.84 Å². The van der Waals surface area contributed by atoms with Crippen LogP contribution in [0, 0.1) is 5.92 Å². The Morgan fingerprint density at radius 1 is 1.32 bits per heavy atom. The van der Waals surface area contributed by atoms with E-state index >= 15 is 0 Å². The largest absolute Gasteiger partial charge is 0.478 e. The summed E-state index contributed by atoms with van der Waals surface area (Å²) in [5.41, 5.74) is 1.57. The molecule has 0 bridgehead atoms. The molecule has 0 radical (unpaired) electrons. The summed E-state index contributed by atoms with van der Waals surface area (Å²) >= 11 is 0. The predicted octanol–water partition coefficient (Wildman–Crippen LogP) is 3.83. The van der Waals surface area contributed by atoms with Gasteiger partial charge in [0, 0.05) is 0 Å². The SMILES string of the molecule is CC(C)C1c2ccc(C(=O)O)cc2CN1C(=O)OC(C)(C)C. The van der Waals surface area contributed by atoms with E-state index in [2.05, 4.69) is 0 Å². The smallest absolute Gasteiger partial charge is 0.411 e. The number of carboxylic acids is 1. The Balaban J connectivity index is 2.34. The summed E-state index contributed by atoms with van der Waals surface area (Å²) < 4.78 is 5.48. The fourth-order valence-corrected chi connectivity index (χ4v) is 2.83. The number of carboxylic acid groups (broad SMARTS) is 1. The molecular formula is C17H23NO4. The minimum absolute atomic E-state index is 0.0901. The summed E-state index contributed by atoms with van der Waals surface area (Å²) in [5, 5.41) is 9.11. The Hall–Kier alpha value is -2.04. The van der Waals surface area contributed by atoms with Crippen molar-refractivity contribution in [3.05, 3.63) is 34.9 Å². The van der Waals surface area contributed by atoms with E-state index in [1.807, 2.05) is 40.7 Å². The number of fused-ring (bicyclic) bond motifs is 1. The normalized spacial score (nSPS) is 17.5. The lowest BCUT2D eigenvalue weighted by molar-refractivity contribution is 0.0127. The van der Waals surface area contributed by atoms with Crippen LogP contribution in [0.3, 0.4) is 0 Å². The Morgan fingerprint density at radius 2 is 1.95 bits per heavy atom. The molecule has 0 spiro atoms. The lowest BCUT2D eigenvalue weighted by Gasteiger charge is -2.30. The second-order valence-electron chi connectivity index (χ2n) is 7.02. The number of hydrogen-bond donors (Lipinski definition) is 1. The Labute approximate surface area is 130 Å². The molecule has 1 aliphatic rings. The molecule has 0 aliphatic carbocycles. The summed E-state index contributed by atoms with van der Waals surface area (Å²) in [6, 6.07) is 4.97. The van der Waals surface area contributed by atoms with E-state index in [1.54, 1.807) is 17.0 Å². The number of ether oxygens (including phenoxy) is 1. The molecule has 5 nitrogen and oxygen atoms in total. The van der Waals surface area contributed by atoms with Gasteiger partial charge in [0.2, 0.25) is 0 Å². The Kier molecular flexibility index (Phi) is 4.18. The van der Waals surface area contributed by atoms with Crippen LogP contribution in [0.5, 0.6) is 0 Å². The first-order valence-electron chi connectivity index (χ1n) is 7.46. The van der Waals surface area contributed by atoms with Gasteiger partial charge in [-0.1, -0.05) is 19.9 Å². The molecule has 1 aromatic rings. The number of carbonyl (C=O) groups is 2. The Morgan fingerprint density at radius 3 is 2.45 bits per heavy atom. The molecule has 1 atom stereocenters. The van der Waals surface area contributed by atoms with Crippen LogP contribution in [-0.2, 0) is 11.3 Å². The number of nitrogens with zero attached hydrogens (tertiary/aromatic N) is 1. The molecule has 1 amide bonds. The monoisotopic (exact) mass is 305 g/mol. The van der Waals surface area contributed by atoms with Gasteiger partial charge in [-0.2, -0.15) is 0 Å². The van der Waals surface area contributed by atoms with Crippen LogP contribution in [0.4, 0.5) is 4.79 Å². The van der Waals surface area contributed by atoms with Crippen molar-refractivity contribution in [2.24, 2.45) is 5.92 Å². The summed E-state index contributed by atoms with van der Waals surface area (Å²) in [4.78, 5) is 25.3. The summed E-state index contributed by atoms with van der Waals surface area (Å²) in [6.07, 6.45) is -0.362. The van der Waals surface area contributed by atoms with Gasteiger partial charge >= 0.3 is 12.1 Å². The molecule has 22 heavy (non-hydrogen) atoms. The quantitative estimate of drug-likeness (QED) is 0.901. The molecule has 0 saturated heterocycles. The zero-order valence-electron chi connectivity index (χ0n) is 13.7. The second-order valence-corrected chi connectivity index (χ2v) is 7.02. The van der Waals surface area contributed by atoms with Crippen molar-refractivity contribution in [3.8, 4) is 0 Å². The first-order chi connectivity index (χ1) is 10.1. The van der Waals surface area contributed by atoms with E-state index < -0.39 is 11.6 Å². The van der Waals surface area contributed by atoms with E-state index in [9.17, 15) is 9.59 Å². The van der Waals surface area contributed by atoms with Gasteiger partial charge in [-0.25, -0.2) is 9.59 Å². The third-order valence-electron chi connectivity index (χ3n) is 3.64. The fraction of sp³-hybridized carbons (Fsp3) is 0.529. The average molecular weight is 305 g/mol. The zero-order chi connectivity index (χ0) is 16.7. The van der Waals surface area contributed by atoms with Crippen LogP contribution < -0.4 is 0 Å². The van der Waals surface area contributed by atoms with E-state index in [0.29, 0.717) is 6.54 Å². The van der Waals surface area contributed by atoms with Crippen molar-refractivity contribution in [2.75, 3.05) is 0 Å². The minimum Gasteiger partial charge on any atom is -0.478 e. The summed E-state index contributed by atoms with van der Waals surface area (Å²) in [7, 11) is 0. The molecule has 1 unspecified atom stereocenters. The number of rotatable bonds is 2. The minimum atomic E-state index is -0.959. The van der Waals surface area contributed by atoms with Gasteiger partial charge in [-0.3, -0.25) is 4.90 Å². The number of carbonyl (C=O) groups excluding carboxylic acids is 1. The standard InChI is InChI=1S/C17H23NO4/c1-10(2)14-13-7-6-11(15(19)20)8-12(13)9-18(14)16(21)22-17(3,4)5/h6-8,10,14H,9H2,1-5H3,(H,19,20). The number of benzene rings is 1. The van der Waals surface area contributed by atoms with Gasteiger partial charge in [0.1, 0.15) is 5.60 Å². The van der Waals surface area contributed by atoms with Gasteiger partial charge in [-0.05, 0) is 49.9 Å². The molecule has 1 aromatic carbocycles. The van der Waals surface area contributed by atoms with Crippen molar-refractivity contribution in [1.29, 1.82) is 0 Å². The third-order valence-corrected chi connectivity index (χ3v) is 3.64. The van der Waals surface area contributed by atoms with Crippen molar-refractivity contribution in [3.63, 3.8) is 0 Å². The molecule has 1 heterocycles. The summed E-state index contributed by atoms with van der Waals surface area (Å²) in [5.74, 6) is -0.746. The van der Waals surface area contributed by atoms with Crippen molar-refractivity contribution in [2.45, 2.75) is 52.8 Å². The van der Waals surface area contributed by atoms with Crippen LogP contribution in [0.15, 0.2) is 18.2 Å². The first-order valence-corrected chi connectivity index (χ1v) is 7.46. The van der Waals surface area contributed by atoms with Crippen LogP contribution in [0.25, 0.3) is 0 Å². The van der Waals surface area contributed by atoms with Crippen molar-refractivity contribution >= 4 is 12.1 Å². The maximum absolute atomic E-state index is 12.5. The molecule has 0 saturated carbocycles. The van der Waals surface area contributed by atoms with Crippen LogP contribution in [0.1, 0.15) is 62.1 Å². The lowest BCUT2D eigenvalue weighted by atomic mass is 9.94. The predicted molar refractivity (Wildman–Crippen MR) is 82.8 cm³/mol. The molecule has 120 valence electrons. The van der Waals surface area contributed by atoms with Crippen LogP contribution >= 0.6 is 0 Å². The van der Waals surface area contributed by atoms with Crippen LogP contribution in [-0.4, -0.2) is 27.7 Å². The molecule has 2 rings (SSSR count). The third kappa shape index (κ3) is 3.24. The lowest BCUT2D eigenvalue weighted by Crippen LogP contribution is -2.37. The topological polar surface area (TPSA) is 66.8 Å². The van der Waals surface area contributed by atoms with E-state index in [0.717, 1.165) is 11.1 Å². The molecule has 0 aromatic heterocycles.